The van der Waals surface area contributed by atoms with Crippen LogP contribution < -0.4 is 10.6 Å². The molecule has 0 radical (unpaired) electrons. The van der Waals surface area contributed by atoms with Gasteiger partial charge in [-0.2, -0.15) is 0 Å². The van der Waals surface area contributed by atoms with E-state index >= 15 is 0 Å². The number of nitrogens with zero attached hydrogens (tertiary/aromatic N) is 1. The van der Waals surface area contributed by atoms with Crippen LogP contribution in [-0.4, -0.2) is 69.1 Å². The highest BCUT2D eigenvalue weighted by Gasteiger charge is 2.68. The Labute approximate surface area is 169 Å². The lowest BCUT2D eigenvalue weighted by Gasteiger charge is -2.59. The zero-order valence-corrected chi connectivity index (χ0v) is 16.1. The van der Waals surface area contributed by atoms with Crippen LogP contribution in [0.2, 0.25) is 0 Å². The molecular formula is C20H18N4O4S. The molecule has 5 heterocycles. The van der Waals surface area contributed by atoms with Crippen LogP contribution in [0.4, 0.5) is 0 Å². The van der Waals surface area contributed by atoms with Gasteiger partial charge in [0.1, 0.15) is 6.04 Å². The van der Waals surface area contributed by atoms with E-state index in [-0.39, 0.29) is 29.5 Å². The summed E-state index contributed by atoms with van der Waals surface area (Å²) in [5.41, 5.74) is 4.29. The van der Waals surface area contributed by atoms with Gasteiger partial charge < -0.3 is 20.3 Å². The lowest BCUT2D eigenvalue weighted by molar-refractivity contribution is -0.137. The molecule has 1 aromatic heterocycles. The van der Waals surface area contributed by atoms with Crippen molar-refractivity contribution in [3.05, 3.63) is 39.6 Å². The molecule has 6 aliphatic rings. The number of rotatable bonds is 3. The lowest BCUT2D eigenvalue weighted by atomic mass is 9.56. The van der Waals surface area contributed by atoms with Crippen LogP contribution in [0, 0.1) is 5.41 Å². The molecule has 0 amide bonds. The first-order valence-electron chi connectivity index (χ1n) is 9.91. The van der Waals surface area contributed by atoms with E-state index in [1.807, 2.05) is 6.20 Å². The average Bonchev–Trinajstić information content (AvgIpc) is 3.23. The van der Waals surface area contributed by atoms with E-state index in [9.17, 15) is 19.5 Å². The van der Waals surface area contributed by atoms with E-state index in [4.69, 9.17) is 0 Å². The molecule has 148 valence electrons. The maximum atomic E-state index is 13.4. The highest BCUT2D eigenvalue weighted by Crippen LogP contribution is 2.67. The van der Waals surface area contributed by atoms with Crippen LogP contribution in [0.1, 0.15) is 28.0 Å². The molecule has 1 spiro atoms. The zero-order chi connectivity index (χ0) is 19.7. The lowest BCUT2D eigenvalue weighted by Crippen LogP contribution is -2.71. The first-order valence-corrected chi connectivity index (χ1v) is 10.8. The maximum Gasteiger partial charge on any atom is 0.317 e. The number of carbonyl (C=O) groups is 3. The number of piperidine rings is 1. The van der Waals surface area contributed by atoms with Gasteiger partial charge in [-0.1, -0.05) is 0 Å². The van der Waals surface area contributed by atoms with Crippen molar-refractivity contribution in [2.24, 2.45) is 5.41 Å². The molecule has 9 heteroatoms. The van der Waals surface area contributed by atoms with Gasteiger partial charge in [-0.15, -0.1) is 11.8 Å². The molecule has 2 fully saturated rings. The van der Waals surface area contributed by atoms with Crippen molar-refractivity contribution in [2.45, 2.75) is 36.3 Å². The molecule has 0 unspecified atom stereocenters. The van der Waals surface area contributed by atoms with Crippen molar-refractivity contribution in [2.75, 3.05) is 13.1 Å². The van der Waals surface area contributed by atoms with Gasteiger partial charge in [0, 0.05) is 40.4 Å². The first-order chi connectivity index (χ1) is 14.0. The molecule has 4 aliphatic heterocycles. The summed E-state index contributed by atoms with van der Waals surface area (Å²) in [6.07, 6.45) is 5.20. The molecule has 0 saturated carbocycles. The van der Waals surface area contributed by atoms with Crippen molar-refractivity contribution in [1.29, 1.82) is 0 Å². The highest BCUT2D eigenvalue weighted by atomic mass is 32.2. The SMILES string of the molecule is O=C(O)CN[C@@H]1[C@H]2C(=O)C=C3S[C@H]4C[C@]31C1=C3c5c(c[nH]c5C(=O)[C@H]1N4)CCN32. The predicted octanol–water partition coefficient (Wildman–Crippen LogP) is 0.0930. The maximum absolute atomic E-state index is 13.4. The number of nitrogens with one attached hydrogen (secondary N) is 3. The summed E-state index contributed by atoms with van der Waals surface area (Å²) in [6, 6.07) is -1.23. The second-order valence-corrected chi connectivity index (χ2v) is 9.87. The van der Waals surface area contributed by atoms with E-state index in [2.05, 4.69) is 20.5 Å². The summed E-state index contributed by atoms with van der Waals surface area (Å²) in [6.45, 7) is 0.476. The second-order valence-electron chi connectivity index (χ2n) is 8.62. The minimum absolute atomic E-state index is 0.0223. The van der Waals surface area contributed by atoms with Crippen LogP contribution in [0.3, 0.4) is 0 Å². The van der Waals surface area contributed by atoms with E-state index in [1.54, 1.807) is 17.8 Å². The number of aromatic amines is 1. The number of Topliss-reactive ketones (excluding diaryl/α,β-unsaturated/α-hetero) is 1. The Bertz CT molecular complexity index is 1120. The molecule has 2 aliphatic carbocycles. The second kappa shape index (κ2) is 5.03. The molecule has 29 heavy (non-hydrogen) atoms. The molecule has 4 N–H and O–H groups in total. The largest absolute Gasteiger partial charge is 0.480 e. The van der Waals surface area contributed by atoms with Gasteiger partial charge in [0.05, 0.1) is 23.7 Å². The Morgan fingerprint density at radius 3 is 3.10 bits per heavy atom. The Morgan fingerprint density at radius 1 is 1.41 bits per heavy atom. The number of thioether (sulfide) groups is 1. The predicted molar refractivity (Wildman–Crippen MR) is 104 cm³/mol. The Kier molecular flexibility index (Phi) is 2.85. The number of aromatic nitrogens is 1. The number of aliphatic carboxylic acids is 1. The van der Waals surface area contributed by atoms with Crippen molar-refractivity contribution < 1.29 is 19.5 Å². The van der Waals surface area contributed by atoms with Crippen LogP contribution in [0.15, 0.2) is 22.8 Å². The van der Waals surface area contributed by atoms with E-state index < -0.39 is 23.5 Å². The number of hydrogen-bond acceptors (Lipinski definition) is 7. The van der Waals surface area contributed by atoms with Crippen LogP contribution in [0.5, 0.6) is 0 Å². The van der Waals surface area contributed by atoms with Crippen molar-refractivity contribution in [1.82, 2.24) is 20.5 Å². The third-order valence-electron chi connectivity index (χ3n) is 7.43. The van der Waals surface area contributed by atoms with Gasteiger partial charge in [0.15, 0.2) is 5.78 Å². The summed E-state index contributed by atoms with van der Waals surface area (Å²) in [4.78, 5) is 44.4. The number of fused-ring (bicyclic) bond motifs is 3. The number of H-pyrrole nitrogens is 1. The topological polar surface area (TPSA) is 115 Å². The quantitative estimate of drug-likeness (QED) is 0.555. The van der Waals surface area contributed by atoms with Gasteiger partial charge >= 0.3 is 5.97 Å². The molecule has 5 atom stereocenters. The summed E-state index contributed by atoms with van der Waals surface area (Å²) in [5.74, 6) is -0.876. The monoisotopic (exact) mass is 410 g/mol. The number of carboxylic acids is 1. The number of hydrogen-bond donors (Lipinski definition) is 4. The fourth-order valence-corrected chi connectivity index (χ4v) is 8.09. The highest BCUT2D eigenvalue weighted by molar-refractivity contribution is 8.04. The van der Waals surface area contributed by atoms with E-state index in [0.29, 0.717) is 12.2 Å². The normalized spacial score (nSPS) is 37.8. The molecule has 7 rings (SSSR count). The fraction of sp³-hybridized carbons (Fsp3) is 0.450. The Balaban J connectivity index is 1.56. The van der Waals surface area contributed by atoms with Gasteiger partial charge in [-0.25, -0.2) is 0 Å². The van der Waals surface area contributed by atoms with Gasteiger partial charge in [-0.05, 0) is 30.1 Å². The van der Waals surface area contributed by atoms with Crippen LogP contribution in [0.25, 0.3) is 5.70 Å². The summed E-state index contributed by atoms with van der Waals surface area (Å²) in [5, 5.41) is 16.1. The van der Waals surface area contributed by atoms with Crippen molar-refractivity contribution >= 4 is 35.0 Å². The molecule has 1 aromatic rings. The molecule has 0 aromatic carbocycles. The van der Waals surface area contributed by atoms with Crippen molar-refractivity contribution in [3.8, 4) is 0 Å². The van der Waals surface area contributed by atoms with Gasteiger partial charge in [0.25, 0.3) is 0 Å². The number of ketones is 2. The van der Waals surface area contributed by atoms with Crippen LogP contribution in [-0.2, 0) is 16.0 Å². The zero-order valence-electron chi connectivity index (χ0n) is 15.3. The molecule has 2 saturated heterocycles. The standard InChI is InChI=1S/C20H18N4O4S/c25-8-3-9-20-4-10(29-9)23-15-13(20)17-12-7(5-21-14(12)18(15)28)1-2-24(17)16(8)19(20)22-6-11(26)27/h3,5,10,15-16,19,21-23H,1-2,4,6H2,(H,26,27)/t10-,15-,16+,19+,20+/m0/s1. The van der Waals surface area contributed by atoms with Crippen molar-refractivity contribution in [3.63, 3.8) is 0 Å². The third-order valence-corrected chi connectivity index (χ3v) is 8.75. The minimum Gasteiger partial charge on any atom is -0.480 e. The smallest absolute Gasteiger partial charge is 0.317 e. The first kappa shape index (κ1) is 16.4. The fourth-order valence-electron chi connectivity index (χ4n) is 6.52. The van der Waals surface area contributed by atoms with E-state index in [1.165, 1.54) is 0 Å². The summed E-state index contributed by atoms with van der Waals surface area (Å²) in [7, 11) is 0. The number of carboxylic acid groups (broad SMARTS) is 1. The third kappa shape index (κ3) is 1.71. The molecule has 3 bridgehead atoms. The summed E-state index contributed by atoms with van der Waals surface area (Å²) < 4.78 is 0. The molecular weight excluding hydrogens is 392 g/mol. The van der Waals surface area contributed by atoms with Gasteiger partial charge in [0.2, 0.25) is 5.78 Å². The molecule has 8 nitrogen and oxygen atoms in total. The average molecular weight is 410 g/mol. The number of carbonyl (C=O) groups excluding carboxylic acids is 2. The summed E-state index contributed by atoms with van der Waals surface area (Å²) >= 11 is 1.62. The van der Waals surface area contributed by atoms with Crippen LogP contribution >= 0.6 is 11.8 Å². The minimum atomic E-state index is -0.945. The van der Waals surface area contributed by atoms with Gasteiger partial charge in [-0.3, -0.25) is 19.7 Å². The van der Waals surface area contributed by atoms with E-state index in [0.717, 1.165) is 40.1 Å². The Hall–Kier alpha value is -2.36. The Morgan fingerprint density at radius 2 is 2.28 bits per heavy atom.